The molecule has 128 valence electrons. The SMILES string of the molecule is N#Cc1ccc(CN2CCCN(CC(=O)NCC3CC3)CC2)cc1. The highest BCUT2D eigenvalue weighted by molar-refractivity contribution is 5.78. The van der Waals surface area contributed by atoms with Crippen molar-refractivity contribution in [3.63, 3.8) is 0 Å². The van der Waals surface area contributed by atoms with Crippen molar-refractivity contribution in [2.75, 3.05) is 39.3 Å². The summed E-state index contributed by atoms with van der Waals surface area (Å²) >= 11 is 0. The molecule has 1 amide bonds. The van der Waals surface area contributed by atoms with Gasteiger partial charge in [0.1, 0.15) is 0 Å². The molecule has 0 radical (unpaired) electrons. The van der Waals surface area contributed by atoms with E-state index >= 15 is 0 Å². The summed E-state index contributed by atoms with van der Waals surface area (Å²) in [5.41, 5.74) is 1.95. The first-order valence-corrected chi connectivity index (χ1v) is 8.93. The lowest BCUT2D eigenvalue weighted by atomic mass is 10.1. The van der Waals surface area contributed by atoms with Gasteiger partial charge in [0, 0.05) is 26.2 Å². The monoisotopic (exact) mass is 326 g/mol. The van der Waals surface area contributed by atoms with E-state index < -0.39 is 0 Å². The Morgan fingerprint density at radius 3 is 2.54 bits per heavy atom. The fourth-order valence-corrected chi connectivity index (χ4v) is 3.12. The van der Waals surface area contributed by atoms with Crippen molar-refractivity contribution in [2.45, 2.75) is 25.8 Å². The third kappa shape index (κ3) is 5.33. The van der Waals surface area contributed by atoms with E-state index in [-0.39, 0.29) is 5.91 Å². The second-order valence-electron chi connectivity index (χ2n) is 6.96. The summed E-state index contributed by atoms with van der Waals surface area (Å²) in [7, 11) is 0. The molecule has 5 heteroatoms. The van der Waals surface area contributed by atoms with E-state index in [0.29, 0.717) is 12.1 Å². The smallest absolute Gasteiger partial charge is 0.234 e. The Labute approximate surface area is 144 Å². The summed E-state index contributed by atoms with van der Waals surface area (Å²) in [4.78, 5) is 16.7. The minimum atomic E-state index is 0.169. The highest BCUT2D eigenvalue weighted by atomic mass is 16.2. The van der Waals surface area contributed by atoms with Crippen molar-refractivity contribution in [3.8, 4) is 6.07 Å². The van der Waals surface area contributed by atoms with Gasteiger partial charge < -0.3 is 5.32 Å². The predicted molar refractivity (Wildman–Crippen MR) is 93.2 cm³/mol. The Morgan fingerprint density at radius 1 is 1.12 bits per heavy atom. The van der Waals surface area contributed by atoms with E-state index in [0.717, 1.165) is 51.6 Å². The molecule has 1 aliphatic carbocycles. The fourth-order valence-electron chi connectivity index (χ4n) is 3.12. The molecule has 0 aromatic heterocycles. The van der Waals surface area contributed by atoms with E-state index in [1.165, 1.54) is 18.4 Å². The third-order valence-electron chi connectivity index (χ3n) is 4.82. The summed E-state index contributed by atoms with van der Waals surface area (Å²) in [6.45, 7) is 6.26. The lowest BCUT2D eigenvalue weighted by Crippen LogP contribution is -2.39. The van der Waals surface area contributed by atoms with Crippen LogP contribution in [0.25, 0.3) is 0 Å². The zero-order chi connectivity index (χ0) is 16.8. The maximum atomic E-state index is 12.0. The van der Waals surface area contributed by atoms with Crippen LogP contribution >= 0.6 is 0 Å². The molecular formula is C19H26N4O. The van der Waals surface area contributed by atoms with Gasteiger partial charge in [-0.05, 0) is 56.0 Å². The minimum absolute atomic E-state index is 0.169. The third-order valence-corrected chi connectivity index (χ3v) is 4.82. The second kappa shape index (κ2) is 8.27. The molecule has 1 N–H and O–H groups in total. The molecule has 0 atom stereocenters. The Bertz CT molecular complexity index is 588. The fraction of sp³-hybridized carbons (Fsp3) is 0.579. The van der Waals surface area contributed by atoms with Crippen molar-refractivity contribution >= 4 is 5.91 Å². The summed E-state index contributed by atoms with van der Waals surface area (Å²) < 4.78 is 0. The van der Waals surface area contributed by atoms with Crippen LogP contribution in [0.2, 0.25) is 0 Å². The van der Waals surface area contributed by atoms with Crippen LogP contribution in [0.15, 0.2) is 24.3 Å². The van der Waals surface area contributed by atoms with E-state index in [4.69, 9.17) is 5.26 Å². The first kappa shape index (κ1) is 16.9. The molecule has 1 heterocycles. The van der Waals surface area contributed by atoms with Crippen molar-refractivity contribution in [2.24, 2.45) is 5.92 Å². The Kier molecular flexibility index (Phi) is 5.84. The van der Waals surface area contributed by atoms with Crippen LogP contribution in [-0.4, -0.2) is 55.0 Å². The van der Waals surface area contributed by atoms with E-state index in [1.807, 2.05) is 24.3 Å². The van der Waals surface area contributed by atoms with Gasteiger partial charge in [0.05, 0.1) is 18.2 Å². The number of rotatable bonds is 6. The highest BCUT2D eigenvalue weighted by Crippen LogP contribution is 2.27. The van der Waals surface area contributed by atoms with E-state index in [9.17, 15) is 4.79 Å². The molecule has 0 spiro atoms. The van der Waals surface area contributed by atoms with Crippen molar-refractivity contribution in [3.05, 3.63) is 35.4 Å². The highest BCUT2D eigenvalue weighted by Gasteiger charge is 2.22. The van der Waals surface area contributed by atoms with Crippen LogP contribution in [0.3, 0.4) is 0 Å². The number of nitrogens with zero attached hydrogens (tertiary/aromatic N) is 3. The maximum absolute atomic E-state index is 12.0. The zero-order valence-corrected chi connectivity index (χ0v) is 14.2. The number of carbonyl (C=O) groups excluding carboxylic acids is 1. The number of hydrogen-bond donors (Lipinski definition) is 1. The van der Waals surface area contributed by atoms with Gasteiger partial charge in [0.15, 0.2) is 0 Å². The molecule has 2 fully saturated rings. The lowest BCUT2D eigenvalue weighted by Gasteiger charge is -2.21. The van der Waals surface area contributed by atoms with Gasteiger partial charge in [0.2, 0.25) is 5.91 Å². The van der Waals surface area contributed by atoms with E-state index in [2.05, 4.69) is 21.2 Å². The molecule has 2 aliphatic rings. The van der Waals surface area contributed by atoms with Crippen molar-refractivity contribution in [1.29, 1.82) is 5.26 Å². The number of hydrogen-bond acceptors (Lipinski definition) is 4. The molecule has 0 unspecified atom stereocenters. The number of nitrogens with one attached hydrogen (secondary N) is 1. The first-order chi connectivity index (χ1) is 11.7. The molecule has 1 aromatic rings. The van der Waals surface area contributed by atoms with Crippen LogP contribution < -0.4 is 5.32 Å². The summed E-state index contributed by atoms with van der Waals surface area (Å²) in [5.74, 6) is 0.906. The Hall–Kier alpha value is -1.90. The van der Waals surface area contributed by atoms with Gasteiger partial charge in [-0.1, -0.05) is 12.1 Å². The van der Waals surface area contributed by atoms with E-state index in [1.54, 1.807) is 0 Å². The van der Waals surface area contributed by atoms with Gasteiger partial charge in [-0.25, -0.2) is 0 Å². The quantitative estimate of drug-likeness (QED) is 0.862. The molecule has 0 bridgehead atoms. The van der Waals surface area contributed by atoms with Gasteiger partial charge in [-0.2, -0.15) is 5.26 Å². The molecule has 1 aliphatic heterocycles. The number of benzene rings is 1. The summed E-state index contributed by atoms with van der Waals surface area (Å²) in [5, 5.41) is 11.9. The summed E-state index contributed by atoms with van der Waals surface area (Å²) in [6, 6.07) is 9.98. The zero-order valence-electron chi connectivity index (χ0n) is 14.2. The van der Waals surface area contributed by atoms with Gasteiger partial charge >= 0.3 is 0 Å². The van der Waals surface area contributed by atoms with Crippen LogP contribution in [0.5, 0.6) is 0 Å². The molecule has 24 heavy (non-hydrogen) atoms. The average Bonchev–Trinajstić information content (AvgIpc) is 3.43. The predicted octanol–water partition coefficient (Wildman–Crippen LogP) is 1.59. The normalized spacial score (nSPS) is 19.5. The molecular weight excluding hydrogens is 300 g/mol. The standard InChI is InChI=1S/C19H26N4O/c20-12-16-2-6-18(7-3-16)14-22-8-1-9-23(11-10-22)15-19(24)21-13-17-4-5-17/h2-3,6-7,17H,1,4-5,8-11,13-15H2,(H,21,24). The first-order valence-electron chi connectivity index (χ1n) is 8.93. The topological polar surface area (TPSA) is 59.4 Å². The van der Waals surface area contributed by atoms with Gasteiger partial charge in [0.25, 0.3) is 0 Å². The van der Waals surface area contributed by atoms with Crippen LogP contribution in [0.1, 0.15) is 30.4 Å². The lowest BCUT2D eigenvalue weighted by molar-refractivity contribution is -0.122. The van der Waals surface area contributed by atoms with Crippen molar-refractivity contribution < 1.29 is 4.79 Å². The molecule has 1 saturated heterocycles. The molecule has 5 nitrogen and oxygen atoms in total. The summed E-state index contributed by atoms with van der Waals surface area (Å²) in [6.07, 6.45) is 3.63. The molecule has 1 saturated carbocycles. The van der Waals surface area contributed by atoms with Crippen LogP contribution in [0, 0.1) is 17.2 Å². The number of nitriles is 1. The van der Waals surface area contributed by atoms with Gasteiger partial charge in [-0.15, -0.1) is 0 Å². The Balaban J connectivity index is 1.42. The van der Waals surface area contributed by atoms with Crippen LogP contribution in [0.4, 0.5) is 0 Å². The number of carbonyl (C=O) groups is 1. The second-order valence-corrected chi connectivity index (χ2v) is 6.96. The van der Waals surface area contributed by atoms with Crippen LogP contribution in [-0.2, 0) is 11.3 Å². The Morgan fingerprint density at radius 2 is 1.83 bits per heavy atom. The molecule has 3 rings (SSSR count). The van der Waals surface area contributed by atoms with Gasteiger partial charge in [-0.3, -0.25) is 14.6 Å². The average molecular weight is 326 g/mol. The number of amides is 1. The molecule has 1 aromatic carbocycles. The van der Waals surface area contributed by atoms with Crippen molar-refractivity contribution in [1.82, 2.24) is 15.1 Å². The largest absolute Gasteiger partial charge is 0.355 e. The minimum Gasteiger partial charge on any atom is -0.355 e. The maximum Gasteiger partial charge on any atom is 0.234 e.